The van der Waals surface area contributed by atoms with Crippen LogP contribution < -0.4 is 20.3 Å². The lowest BCUT2D eigenvalue weighted by atomic mass is 9.71. The number of benzene rings is 4. The highest BCUT2D eigenvalue weighted by molar-refractivity contribution is 7.99. The molecule has 3 N–H and O–H groups in total. The molecule has 364 valence electrons. The van der Waals surface area contributed by atoms with Crippen LogP contribution in [0.15, 0.2) is 112 Å². The summed E-state index contributed by atoms with van der Waals surface area (Å²) in [7, 11) is -4.44. The first-order valence-corrected chi connectivity index (χ1v) is 27.2. The van der Waals surface area contributed by atoms with E-state index in [4.69, 9.17) is 11.6 Å². The van der Waals surface area contributed by atoms with Gasteiger partial charge in [-0.3, -0.25) is 19.8 Å². The van der Waals surface area contributed by atoms with E-state index < -0.39 is 20.9 Å². The third-order valence-electron chi connectivity index (χ3n) is 14.1. The number of hydrogen-bond donors (Lipinski definition) is 3. The van der Waals surface area contributed by atoms with Crippen molar-refractivity contribution in [3.8, 4) is 0 Å². The van der Waals surface area contributed by atoms with Gasteiger partial charge in [0.2, 0.25) is 0 Å². The number of nitro groups is 1. The molecule has 0 bridgehead atoms. The monoisotopic (exact) mass is 982 g/mol. The number of hydrogen-bond acceptors (Lipinski definition) is 12. The second-order valence-corrected chi connectivity index (χ2v) is 22.5. The number of thioether (sulfide) groups is 1. The topological polar surface area (TPSA) is 143 Å². The van der Waals surface area contributed by atoms with Crippen LogP contribution in [0.25, 0.3) is 5.57 Å². The van der Waals surface area contributed by atoms with E-state index in [1.54, 1.807) is 23.9 Å². The molecule has 13 nitrogen and oxygen atoms in total. The minimum absolute atomic E-state index is 0.117. The Labute approximate surface area is 412 Å². The van der Waals surface area contributed by atoms with Crippen molar-refractivity contribution in [2.24, 2.45) is 5.41 Å². The first kappa shape index (κ1) is 49.9. The molecule has 4 aromatic rings. The molecule has 4 aromatic carbocycles. The number of piperazine rings is 2. The van der Waals surface area contributed by atoms with Gasteiger partial charge in [-0.05, 0) is 129 Å². The summed E-state index contributed by atoms with van der Waals surface area (Å²) in [6, 6.07) is 29.0. The predicted molar refractivity (Wildman–Crippen MR) is 277 cm³/mol. The van der Waals surface area contributed by atoms with Crippen LogP contribution in [0.1, 0.15) is 74.2 Å². The number of carbonyl (C=O) groups is 1. The van der Waals surface area contributed by atoms with E-state index in [1.807, 2.05) is 54.6 Å². The summed E-state index contributed by atoms with van der Waals surface area (Å²) in [5.74, 6) is -0.137. The van der Waals surface area contributed by atoms with E-state index in [2.05, 4.69) is 54.0 Å². The number of likely N-dealkylation sites (tertiary alicyclic amines) is 1. The van der Waals surface area contributed by atoms with Gasteiger partial charge in [-0.1, -0.05) is 67.3 Å². The first-order valence-electron chi connectivity index (χ1n) is 24.4. The number of nitrogens with one attached hydrogen (secondary N) is 3. The average molecular weight is 984 g/mol. The number of nitrogens with zero attached hydrogens (tertiary/aromatic N) is 5. The van der Waals surface area contributed by atoms with Gasteiger partial charge >= 0.3 is 0 Å². The van der Waals surface area contributed by atoms with Crippen LogP contribution >= 0.6 is 23.4 Å². The van der Waals surface area contributed by atoms with Crippen molar-refractivity contribution < 1.29 is 18.1 Å². The Morgan fingerprint density at radius 1 is 0.853 bits per heavy atom. The number of carbonyl (C=O) groups excluding carboxylic acids is 1. The normalized spacial score (nSPS) is 20.7. The number of amides is 1. The summed E-state index contributed by atoms with van der Waals surface area (Å²) < 4.78 is 29.4. The third kappa shape index (κ3) is 13.6. The second-order valence-electron chi connectivity index (χ2n) is 19.3. The molecule has 0 spiro atoms. The maximum atomic E-state index is 13.6. The minimum atomic E-state index is -4.44. The van der Waals surface area contributed by atoms with Crippen molar-refractivity contribution in [2.75, 3.05) is 101 Å². The average Bonchev–Trinajstić information content (AvgIpc) is 3.63. The lowest BCUT2D eigenvalue weighted by Gasteiger charge is -2.43. The molecule has 3 saturated heterocycles. The number of sulfonamides is 1. The van der Waals surface area contributed by atoms with Crippen molar-refractivity contribution in [1.29, 1.82) is 0 Å². The lowest BCUT2D eigenvalue weighted by molar-refractivity contribution is -0.384. The zero-order valence-corrected chi connectivity index (χ0v) is 41.7. The molecule has 1 aliphatic carbocycles. The Kier molecular flexibility index (Phi) is 17.2. The van der Waals surface area contributed by atoms with E-state index in [9.17, 15) is 23.3 Å². The van der Waals surface area contributed by atoms with E-state index >= 15 is 0 Å². The molecule has 0 radical (unpaired) electrons. The Hall–Kier alpha value is -4.48. The van der Waals surface area contributed by atoms with Gasteiger partial charge in [-0.25, -0.2) is 13.1 Å². The summed E-state index contributed by atoms with van der Waals surface area (Å²) in [6.07, 6.45) is 8.87. The van der Waals surface area contributed by atoms with E-state index in [-0.39, 0.29) is 33.3 Å². The fourth-order valence-electron chi connectivity index (χ4n) is 10.3. The predicted octanol–water partition coefficient (Wildman–Crippen LogP) is 8.88. The highest BCUT2D eigenvalue weighted by atomic mass is 35.5. The second kappa shape index (κ2) is 23.4. The minimum Gasteiger partial charge on any atom is -0.376 e. The van der Waals surface area contributed by atoms with Crippen LogP contribution in [0.5, 0.6) is 0 Å². The van der Waals surface area contributed by atoms with Crippen LogP contribution in [-0.4, -0.2) is 131 Å². The maximum absolute atomic E-state index is 13.6. The molecule has 0 saturated carbocycles. The van der Waals surface area contributed by atoms with Crippen LogP contribution in [0, 0.1) is 15.5 Å². The standard InChI is InChI=1S/C52H67ClN8O5S2/c1-52(39-59-29-24-54-25-30-59)23-21-48(40-11-15-43(53)16-12-40)42(36-52)37-58-31-33-60(34-32-58)45-17-13-41(14-18-45)51(62)56-68(65,66)47-19-20-49(50(35-47)61(63)64)55-44(38-67-46-9-5-4-6-10-46)22-28-57-26-7-2-3-8-27-57/h4-6,9-20,35,44,54-55H,2-3,7-8,21-34,36-39H2,1H3,(H,56,62)/t44?,52-/m1/s1. The van der Waals surface area contributed by atoms with Crippen LogP contribution in [0.4, 0.5) is 17.1 Å². The highest BCUT2D eigenvalue weighted by Gasteiger charge is 2.35. The molecule has 3 heterocycles. The van der Waals surface area contributed by atoms with Gasteiger partial charge in [0.1, 0.15) is 5.69 Å². The lowest BCUT2D eigenvalue weighted by Crippen LogP contribution is -2.49. The molecule has 3 fully saturated rings. The van der Waals surface area contributed by atoms with Crippen molar-refractivity contribution in [2.45, 2.75) is 74.1 Å². The molecular weight excluding hydrogens is 916 g/mol. The fraction of sp³-hybridized carbons (Fsp3) is 0.481. The molecule has 1 unspecified atom stereocenters. The Morgan fingerprint density at radius 3 is 2.25 bits per heavy atom. The van der Waals surface area contributed by atoms with Gasteiger partial charge in [-0.15, -0.1) is 11.8 Å². The van der Waals surface area contributed by atoms with E-state index in [1.165, 1.54) is 54.5 Å². The van der Waals surface area contributed by atoms with Gasteiger partial charge in [-0.2, -0.15) is 0 Å². The van der Waals surface area contributed by atoms with Gasteiger partial charge in [0.05, 0.1) is 9.82 Å². The number of nitro benzene ring substituents is 1. The first-order chi connectivity index (χ1) is 32.9. The zero-order chi connectivity index (χ0) is 47.5. The fourth-order valence-corrected chi connectivity index (χ4v) is 12.4. The van der Waals surface area contributed by atoms with Crippen molar-refractivity contribution in [3.05, 3.63) is 129 Å². The number of rotatable bonds is 18. The van der Waals surface area contributed by atoms with Crippen LogP contribution in [0.2, 0.25) is 5.02 Å². The number of anilines is 2. The molecule has 1 amide bonds. The SMILES string of the molecule is C[C@@]1(CN2CCNCC2)CCC(c2ccc(Cl)cc2)=C(CN2CCN(c3ccc(C(=O)NS(=O)(=O)c4ccc(NC(CCN5CCCCCC5)CSc5ccccc5)c([N+](=O)[O-])c4)cc3)CC2)C1. The smallest absolute Gasteiger partial charge is 0.293 e. The highest BCUT2D eigenvalue weighted by Crippen LogP contribution is 2.44. The summed E-state index contributed by atoms with van der Waals surface area (Å²) in [5.41, 5.74) is 5.47. The summed E-state index contributed by atoms with van der Waals surface area (Å²) >= 11 is 7.98. The van der Waals surface area contributed by atoms with E-state index in [0.717, 1.165) is 132 Å². The summed E-state index contributed by atoms with van der Waals surface area (Å²) in [4.78, 5) is 36.0. The summed E-state index contributed by atoms with van der Waals surface area (Å²) in [5, 5.41) is 20.1. The van der Waals surface area contributed by atoms with Crippen molar-refractivity contribution in [1.82, 2.24) is 24.7 Å². The molecular formula is C52H67ClN8O5S2. The largest absolute Gasteiger partial charge is 0.376 e. The Balaban J connectivity index is 0.879. The molecule has 8 rings (SSSR count). The third-order valence-corrected chi connectivity index (χ3v) is 16.8. The van der Waals surface area contributed by atoms with Gasteiger partial charge in [0.25, 0.3) is 21.6 Å². The van der Waals surface area contributed by atoms with E-state index in [0.29, 0.717) is 5.75 Å². The number of halogens is 1. The molecule has 16 heteroatoms. The molecule has 4 aliphatic rings. The van der Waals surface area contributed by atoms with Gasteiger partial charge < -0.3 is 25.3 Å². The molecule has 68 heavy (non-hydrogen) atoms. The molecule has 0 aromatic heterocycles. The zero-order valence-electron chi connectivity index (χ0n) is 39.3. The Bertz CT molecular complexity index is 2460. The molecule has 2 atom stereocenters. The Morgan fingerprint density at radius 2 is 1.56 bits per heavy atom. The quantitative estimate of drug-likeness (QED) is 0.0498. The van der Waals surface area contributed by atoms with Crippen LogP contribution in [-0.2, 0) is 10.0 Å². The van der Waals surface area contributed by atoms with Crippen molar-refractivity contribution in [3.63, 3.8) is 0 Å². The summed E-state index contributed by atoms with van der Waals surface area (Å²) in [6.45, 7) is 15.2. The van der Waals surface area contributed by atoms with Gasteiger partial charge in [0, 0.05) is 111 Å². The maximum Gasteiger partial charge on any atom is 0.293 e. The number of allylic oxidation sites excluding steroid dienone is 1. The molecule has 3 aliphatic heterocycles. The van der Waals surface area contributed by atoms with Gasteiger partial charge in [0.15, 0.2) is 0 Å². The van der Waals surface area contributed by atoms with Crippen molar-refractivity contribution >= 4 is 61.9 Å². The van der Waals surface area contributed by atoms with Crippen LogP contribution in [0.3, 0.4) is 0 Å².